The lowest BCUT2D eigenvalue weighted by molar-refractivity contribution is -0.159. The van der Waals surface area contributed by atoms with Gasteiger partial charge in [-0.05, 0) is 26.1 Å². The maximum atomic E-state index is 12.5. The SMILES string of the molecule is BC(C(C)C(=O)OCCn1cc(C)c(=O)[nH]c1=O)C(C)(CC)C(=O)OCCOC. The number of methoxy groups -OCH3 is 1. The number of nitrogens with zero attached hydrogens (tertiary/aromatic N) is 1. The van der Waals surface area contributed by atoms with Crippen molar-refractivity contribution in [2.24, 2.45) is 11.3 Å². The first-order valence-corrected chi connectivity index (χ1v) is 9.71. The average Bonchev–Trinajstić information content (AvgIpc) is 2.69. The molecule has 0 spiro atoms. The molecule has 0 amide bonds. The zero-order valence-corrected chi connectivity index (χ0v) is 18.1. The van der Waals surface area contributed by atoms with Crippen LogP contribution in [0.4, 0.5) is 0 Å². The van der Waals surface area contributed by atoms with Gasteiger partial charge in [0.25, 0.3) is 5.56 Å². The molecule has 0 radical (unpaired) electrons. The molecule has 3 atom stereocenters. The molecule has 0 aromatic carbocycles. The second-order valence-electron chi connectivity index (χ2n) is 7.41. The van der Waals surface area contributed by atoms with Gasteiger partial charge in [0.1, 0.15) is 21.1 Å². The summed E-state index contributed by atoms with van der Waals surface area (Å²) in [6.45, 7) is 7.50. The Bertz CT molecular complexity index is 820. The van der Waals surface area contributed by atoms with Gasteiger partial charge in [-0.1, -0.05) is 13.8 Å². The monoisotopic (exact) mass is 410 g/mol. The van der Waals surface area contributed by atoms with Crippen molar-refractivity contribution in [3.63, 3.8) is 0 Å². The minimum atomic E-state index is -0.848. The van der Waals surface area contributed by atoms with Gasteiger partial charge < -0.3 is 14.2 Å². The lowest BCUT2D eigenvalue weighted by Gasteiger charge is -2.35. The number of aromatic nitrogens is 2. The fourth-order valence-electron chi connectivity index (χ4n) is 2.95. The third-order valence-corrected chi connectivity index (χ3v) is 5.61. The fourth-order valence-corrected chi connectivity index (χ4v) is 2.95. The maximum absolute atomic E-state index is 12.5. The summed E-state index contributed by atoms with van der Waals surface area (Å²) in [5.74, 6) is -1.72. The van der Waals surface area contributed by atoms with E-state index in [2.05, 4.69) is 4.98 Å². The van der Waals surface area contributed by atoms with E-state index in [1.165, 1.54) is 17.9 Å². The second-order valence-corrected chi connectivity index (χ2v) is 7.41. The van der Waals surface area contributed by atoms with E-state index >= 15 is 0 Å². The summed E-state index contributed by atoms with van der Waals surface area (Å²) in [7, 11) is 3.35. The first kappa shape index (κ1) is 24.7. The van der Waals surface area contributed by atoms with Gasteiger partial charge in [0.05, 0.1) is 24.5 Å². The van der Waals surface area contributed by atoms with Gasteiger partial charge in [-0.15, -0.1) is 0 Å². The molecular formula is C19H31BN2O7. The van der Waals surface area contributed by atoms with Crippen LogP contribution in [-0.4, -0.2) is 56.3 Å². The number of esters is 2. The number of carbonyl (C=O) groups excluding carboxylic acids is 2. The molecule has 9 nitrogen and oxygen atoms in total. The van der Waals surface area contributed by atoms with Crippen LogP contribution in [-0.2, 0) is 30.3 Å². The highest BCUT2D eigenvalue weighted by atomic mass is 16.6. The van der Waals surface area contributed by atoms with Crippen LogP contribution < -0.4 is 11.2 Å². The fraction of sp³-hybridized carbons (Fsp3) is 0.684. The van der Waals surface area contributed by atoms with Crippen LogP contribution >= 0.6 is 0 Å². The normalized spacial score (nSPS) is 15.2. The van der Waals surface area contributed by atoms with E-state index in [0.717, 1.165) is 0 Å². The van der Waals surface area contributed by atoms with Crippen molar-refractivity contribution in [2.75, 3.05) is 26.9 Å². The smallest absolute Gasteiger partial charge is 0.328 e. The molecule has 0 aliphatic rings. The zero-order valence-electron chi connectivity index (χ0n) is 18.1. The van der Waals surface area contributed by atoms with E-state index in [9.17, 15) is 19.2 Å². The topological polar surface area (TPSA) is 117 Å². The third kappa shape index (κ3) is 6.32. The van der Waals surface area contributed by atoms with Gasteiger partial charge in [0, 0.05) is 18.9 Å². The number of aryl methyl sites for hydroxylation is 1. The van der Waals surface area contributed by atoms with Gasteiger partial charge in [-0.25, -0.2) is 4.79 Å². The number of carbonyl (C=O) groups is 2. The van der Waals surface area contributed by atoms with Crippen molar-refractivity contribution in [3.05, 3.63) is 32.6 Å². The number of aromatic amines is 1. The van der Waals surface area contributed by atoms with Gasteiger partial charge in [0.2, 0.25) is 0 Å². The molecule has 0 aliphatic heterocycles. The van der Waals surface area contributed by atoms with Gasteiger partial charge in [0.15, 0.2) is 0 Å². The van der Waals surface area contributed by atoms with Crippen molar-refractivity contribution < 1.29 is 23.8 Å². The van der Waals surface area contributed by atoms with Crippen molar-refractivity contribution in [1.82, 2.24) is 9.55 Å². The molecule has 1 aromatic rings. The first-order chi connectivity index (χ1) is 13.6. The van der Waals surface area contributed by atoms with E-state index in [1.54, 1.807) is 20.8 Å². The van der Waals surface area contributed by atoms with Crippen molar-refractivity contribution in [2.45, 2.75) is 46.5 Å². The molecule has 0 bridgehead atoms. The number of rotatable bonds is 11. The van der Waals surface area contributed by atoms with E-state index < -0.39 is 28.6 Å². The molecule has 0 saturated carbocycles. The first-order valence-electron chi connectivity index (χ1n) is 9.71. The molecule has 162 valence electrons. The standard InChI is InChI=1S/C19H31BN2O7/c1-6-19(4,17(25)29-10-9-27-5)14(20)13(3)16(24)28-8-7-22-11-12(2)15(23)21-18(22)26/h11,13-14H,6-10,20H2,1-5H3,(H,21,23,26). The zero-order chi connectivity index (χ0) is 22.2. The number of ether oxygens (including phenoxy) is 3. The summed E-state index contributed by atoms with van der Waals surface area (Å²) in [4.78, 5) is 50.4. The van der Waals surface area contributed by atoms with Gasteiger partial charge in [-0.3, -0.25) is 23.9 Å². The van der Waals surface area contributed by atoms with Crippen LogP contribution in [0.1, 0.15) is 32.8 Å². The predicted molar refractivity (Wildman–Crippen MR) is 110 cm³/mol. The summed E-state index contributed by atoms with van der Waals surface area (Å²) < 4.78 is 16.8. The lowest BCUT2D eigenvalue weighted by atomic mass is 9.59. The number of nitrogens with one attached hydrogen (secondary N) is 1. The highest BCUT2D eigenvalue weighted by Gasteiger charge is 2.43. The number of hydrogen-bond acceptors (Lipinski definition) is 7. The largest absolute Gasteiger partial charge is 0.464 e. The molecule has 1 heterocycles. The lowest BCUT2D eigenvalue weighted by Crippen LogP contribution is -2.40. The second kappa shape index (κ2) is 11.0. The number of hydrogen-bond donors (Lipinski definition) is 1. The van der Waals surface area contributed by atoms with E-state index in [0.29, 0.717) is 18.6 Å². The van der Waals surface area contributed by atoms with E-state index in [4.69, 9.17) is 14.2 Å². The Hall–Kier alpha value is -2.36. The van der Waals surface area contributed by atoms with Crippen LogP contribution in [0.2, 0.25) is 5.82 Å². The molecular weight excluding hydrogens is 379 g/mol. The summed E-state index contributed by atoms with van der Waals surface area (Å²) in [5.41, 5.74) is -1.46. The Morgan fingerprint density at radius 3 is 2.48 bits per heavy atom. The minimum Gasteiger partial charge on any atom is -0.464 e. The summed E-state index contributed by atoms with van der Waals surface area (Å²) in [5, 5.41) is 0. The Balaban J connectivity index is 2.71. The molecule has 1 rings (SSSR count). The minimum absolute atomic E-state index is 0.0254. The molecule has 29 heavy (non-hydrogen) atoms. The Labute approximate surface area is 171 Å². The summed E-state index contributed by atoms with van der Waals surface area (Å²) in [6.07, 6.45) is 1.93. The Morgan fingerprint density at radius 1 is 1.24 bits per heavy atom. The molecule has 1 N–H and O–H groups in total. The van der Waals surface area contributed by atoms with Crippen LogP contribution in [0.15, 0.2) is 15.8 Å². The molecule has 1 aromatic heterocycles. The van der Waals surface area contributed by atoms with Crippen molar-refractivity contribution in [1.29, 1.82) is 0 Å². The Kier molecular flexibility index (Phi) is 9.35. The maximum Gasteiger partial charge on any atom is 0.328 e. The summed E-state index contributed by atoms with van der Waals surface area (Å²) in [6, 6.07) is 0. The van der Waals surface area contributed by atoms with Crippen LogP contribution in [0.5, 0.6) is 0 Å². The average molecular weight is 410 g/mol. The van der Waals surface area contributed by atoms with Gasteiger partial charge >= 0.3 is 17.6 Å². The van der Waals surface area contributed by atoms with Crippen LogP contribution in [0, 0.1) is 18.3 Å². The highest BCUT2D eigenvalue weighted by molar-refractivity contribution is 6.15. The van der Waals surface area contributed by atoms with Crippen molar-refractivity contribution in [3.8, 4) is 0 Å². The van der Waals surface area contributed by atoms with Crippen LogP contribution in [0.3, 0.4) is 0 Å². The van der Waals surface area contributed by atoms with E-state index in [-0.39, 0.29) is 31.5 Å². The highest BCUT2D eigenvalue weighted by Crippen LogP contribution is 2.40. The third-order valence-electron chi connectivity index (χ3n) is 5.61. The molecule has 0 saturated heterocycles. The van der Waals surface area contributed by atoms with Gasteiger partial charge in [-0.2, -0.15) is 0 Å². The molecule has 0 aliphatic carbocycles. The van der Waals surface area contributed by atoms with Crippen molar-refractivity contribution >= 4 is 19.8 Å². The predicted octanol–water partition coefficient (Wildman–Crippen LogP) is 0.0518. The molecule has 10 heteroatoms. The molecule has 0 fully saturated rings. The van der Waals surface area contributed by atoms with Crippen LogP contribution in [0.25, 0.3) is 0 Å². The number of H-pyrrole nitrogens is 1. The molecule has 3 unspecified atom stereocenters. The van der Waals surface area contributed by atoms with E-state index in [1.807, 2.05) is 14.8 Å². The summed E-state index contributed by atoms with van der Waals surface area (Å²) >= 11 is 0. The Morgan fingerprint density at radius 2 is 1.90 bits per heavy atom. The quantitative estimate of drug-likeness (QED) is 0.311.